The van der Waals surface area contributed by atoms with E-state index >= 15 is 0 Å². The Hall–Kier alpha value is -2.28. The third kappa shape index (κ3) is 3.62. The molecule has 3 rings (SSSR count). The molecule has 0 aliphatic heterocycles. The van der Waals surface area contributed by atoms with Gasteiger partial charge in [0, 0.05) is 11.4 Å². The third-order valence-corrected chi connectivity index (χ3v) is 4.54. The molecule has 0 bridgehead atoms. The number of nitrogens with two attached hydrogens (primary N) is 1. The van der Waals surface area contributed by atoms with Gasteiger partial charge in [0.25, 0.3) is 5.91 Å². The second-order valence-electron chi connectivity index (χ2n) is 5.65. The SMILES string of the molecule is Cc1cc(C)n(-c2ccc(Cl)c(C(=O)Nc3cc(Cl)c(N)c(Cl)c3)n2)n1. The molecule has 0 spiro atoms. The molecule has 0 unspecified atom stereocenters. The number of nitrogen functional groups attached to an aromatic ring is 1. The topological polar surface area (TPSA) is 85.8 Å². The molecular formula is C17H14Cl3N5O. The number of amides is 1. The van der Waals surface area contributed by atoms with Gasteiger partial charge in [0.1, 0.15) is 5.69 Å². The van der Waals surface area contributed by atoms with Crippen molar-refractivity contribution in [1.29, 1.82) is 0 Å². The van der Waals surface area contributed by atoms with Crippen molar-refractivity contribution in [2.45, 2.75) is 13.8 Å². The van der Waals surface area contributed by atoms with Crippen LogP contribution in [-0.2, 0) is 0 Å². The number of aryl methyl sites for hydroxylation is 2. The number of nitrogens with one attached hydrogen (secondary N) is 1. The molecule has 134 valence electrons. The summed E-state index contributed by atoms with van der Waals surface area (Å²) in [6, 6.07) is 8.20. The zero-order valence-corrected chi connectivity index (χ0v) is 16.1. The van der Waals surface area contributed by atoms with Crippen LogP contribution in [0.1, 0.15) is 21.9 Å². The van der Waals surface area contributed by atoms with Crippen LogP contribution in [0.3, 0.4) is 0 Å². The summed E-state index contributed by atoms with van der Waals surface area (Å²) in [5.41, 5.74) is 8.11. The van der Waals surface area contributed by atoms with E-state index in [1.54, 1.807) is 16.8 Å². The molecule has 1 aromatic carbocycles. The van der Waals surface area contributed by atoms with Crippen LogP contribution in [0.5, 0.6) is 0 Å². The molecule has 9 heteroatoms. The Morgan fingerprint density at radius 1 is 1.08 bits per heavy atom. The number of carbonyl (C=O) groups excluding carboxylic acids is 1. The highest BCUT2D eigenvalue weighted by Crippen LogP contribution is 2.31. The first-order chi connectivity index (χ1) is 12.3. The van der Waals surface area contributed by atoms with Gasteiger partial charge in [0.15, 0.2) is 5.82 Å². The van der Waals surface area contributed by atoms with Crippen LogP contribution in [0.25, 0.3) is 5.82 Å². The van der Waals surface area contributed by atoms with Gasteiger partial charge in [-0.1, -0.05) is 34.8 Å². The second-order valence-corrected chi connectivity index (χ2v) is 6.87. The van der Waals surface area contributed by atoms with Crippen molar-refractivity contribution in [1.82, 2.24) is 14.8 Å². The number of rotatable bonds is 3. The van der Waals surface area contributed by atoms with Gasteiger partial charge in [-0.25, -0.2) is 9.67 Å². The minimum Gasteiger partial charge on any atom is -0.396 e. The van der Waals surface area contributed by atoms with Crippen LogP contribution in [0, 0.1) is 13.8 Å². The molecule has 2 aromatic heterocycles. The van der Waals surface area contributed by atoms with Crippen molar-refractivity contribution >= 4 is 52.1 Å². The van der Waals surface area contributed by atoms with Gasteiger partial charge >= 0.3 is 0 Å². The zero-order chi connectivity index (χ0) is 19.0. The highest BCUT2D eigenvalue weighted by molar-refractivity contribution is 6.39. The molecule has 0 atom stereocenters. The van der Waals surface area contributed by atoms with E-state index < -0.39 is 5.91 Å². The minimum absolute atomic E-state index is 0.0563. The normalized spacial score (nSPS) is 10.8. The number of carbonyl (C=O) groups is 1. The fourth-order valence-electron chi connectivity index (χ4n) is 2.42. The third-order valence-electron chi connectivity index (χ3n) is 3.61. The highest BCUT2D eigenvalue weighted by atomic mass is 35.5. The summed E-state index contributed by atoms with van der Waals surface area (Å²) in [4.78, 5) is 17.0. The Labute approximate surface area is 164 Å². The lowest BCUT2D eigenvalue weighted by Gasteiger charge is -2.10. The molecule has 1 amide bonds. The smallest absolute Gasteiger partial charge is 0.275 e. The molecule has 0 aliphatic carbocycles. The van der Waals surface area contributed by atoms with Crippen molar-refractivity contribution in [3.63, 3.8) is 0 Å². The number of hydrogen-bond acceptors (Lipinski definition) is 4. The summed E-state index contributed by atoms with van der Waals surface area (Å²) in [5.74, 6) is -0.0196. The maximum Gasteiger partial charge on any atom is 0.275 e. The van der Waals surface area contributed by atoms with Crippen LogP contribution in [-0.4, -0.2) is 20.7 Å². The monoisotopic (exact) mass is 409 g/mol. The molecule has 26 heavy (non-hydrogen) atoms. The number of nitrogens with zero attached hydrogens (tertiary/aromatic N) is 3. The van der Waals surface area contributed by atoms with E-state index in [0.29, 0.717) is 11.5 Å². The number of anilines is 2. The summed E-state index contributed by atoms with van der Waals surface area (Å²) in [5, 5.41) is 7.71. The molecule has 0 aliphatic rings. The second kappa shape index (κ2) is 7.15. The molecular weight excluding hydrogens is 397 g/mol. The van der Waals surface area contributed by atoms with Crippen molar-refractivity contribution in [2.75, 3.05) is 11.1 Å². The van der Waals surface area contributed by atoms with E-state index in [-0.39, 0.29) is 26.4 Å². The summed E-state index contributed by atoms with van der Waals surface area (Å²) in [6.07, 6.45) is 0. The van der Waals surface area contributed by atoms with E-state index in [4.69, 9.17) is 40.5 Å². The maximum atomic E-state index is 12.6. The van der Waals surface area contributed by atoms with Crippen molar-refractivity contribution in [2.24, 2.45) is 0 Å². The molecule has 3 aromatic rings. The quantitative estimate of drug-likeness (QED) is 0.614. The molecule has 2 heterocycles. The highest BCUT2D eigenvalue weighted by Gasteiger charge is 2.16. The van der Waals surface area contributed by atoms with Gasteiger partial charge in [0.2, 0.25) is 0 Å². The lowest BCUT2D eigenvalue weighted by molar-refractivity contribution is 0.102. The van der Waals surface area contributed by atoms with E-state index in [0.717, 1.165) is 11.4 Å². The summed E-state index contributed by atoms with van der Waals surface area (Å²) in [7, 11) is 0. The predicted molar refractivity (Wildman–Crippen MR) is 105 cm³/mol. The number of hydrogen-bond donors (Lipinski definition) is 2. The average Bonchev–Trinajstić information content (AvgIpc) is 2.91. The Bertz CT molecular complexity index is 993. The van der Waals surface area contributed by atoms with Crippen molar-refractivity contribution < 1.29 is 4.79 Å². The van der Waals surface area contributed by atoms with Crippen molar-refractivity contribution in [3.05, 3.63) is 62.5 Å². The lowest BCUT2D eigenvalue weighted by atomic mass is 10.2. The maximum absolute atomic E-state index is 12.6. The Kier molecular flexibility index (Phi) is 5.09. The lowest BCUT2D eigenvalue weighted by Crippen LogP contribution is -2.16. The zero-order valence-electron chi connectivity index (χ0n) is 13.8. The Morgan fingerprint density at radius 2 is 1.73 bits per heavy atom. The van der Waals surface area contributed by atoms with Gasteiger partial charge in [-0.2, -0.15) is 5.10 Å². The first-order valence-corrected chi connectivity index (χ1v) is 8.65. The Morgan fingerprint density at radius 3 is 2.31 bits per heavy atom. The Balaban J connectivity index is 1.95. The van der Waals surface area contributed by atoms with Gasteiger partial charge < -0.3 is 11.1 Å². The molecule has 0 radical (unpaired) electrons. The first kappa shape index (κ1) is 18.5. The van der Waals surface area contributed by atoms with E-state index in [2.05, 4.69) is 15.4 Å². The number of benzene rings is 1. The van der Waals surface area contributed by atoms with E-state index in [1.165, 1.54) is 12.1 Å². The van der Waals surface area contributed by atoms with Crippen LogP contribution in [0.15, 0.2) is 30.3 Å². The number of halogens is 3. The van der Waals surface area contributed by atoms with E-state index in [1.807, 2.05) is 19.9 Å². The molecule has 3 N–H and O–H groups in total. The molecule has 0 saturated heterocycles. The van der Waals surface area contributed by atoms with Gasteiger partial charge in [-0.3, -0.25) is 4.79 Å². The first-order valence-electron chi connectivity index (χ1n) is 7.52. The van der Waals surface area contributed by atoms with Crippen LogP contribution in [0.2, 0.25) is 15.1 Å². The largest absolute Gasteiger partial charge is 0.396 e. The number of aromatic nitrogens is 3. The molecule has 6 nitrogen and oxygen atoms in total. The van der Waals surface area contributed by atoms with Crippen molar-refractivity contribution in [3.8, 4) is 5.82 Å². The fraction of sp³-hybridized carbons (Fsp3) is 0.118. The summed E-state index contributed by atoms with van der Waals surface area (Å²) >= 11 is 18.1. The number of pyridine rings is 1. The summed E-state index contributed by atoms with van der Waals surface area (Å²) < 4.78 is 1.64. The van der Waals surface area contributed by atoms with Crippen LogP contribution in [0.4, 0.5) is 11.4 Å². The summed E-state index contributed by atoms with van der Waals surface area (Å²) in [6.45, 7) is 3.77. The van der Waals surface area contributed by atoms with E-state index in [9.17, 15) is 4.79 Å². The predicted octanol–water partition coefficient (Wildman–Crippen LogP) is 4.68. The molecule has 0 saturated carbocycles. The van der Waals surface area contributed by atoms with Gasteiger partial charge in [0.05, 0.1) is 26.4 Å². The average molecular weight is 411 g/mol. The minimum atomic E-state index is -0.504. The van der Waals surface area contributed by atoms with Crippen LogP contribution < -0.4 is 11.1 Å². The standard InChI is InChI=1S/C17H14Cl3N5O/c1-8-5-9(2)25(24-8)14-4-3-11(18)16(23-14)17(26)22-10-6-12(19)15(21)13(20)7-10/h3-7H,21H2,1-2H3,(H,22,26). The van der Waals surface area contributed by atoms with Gasteiger partial charge in [-0.15, -0.1) is 0 Å². The fourth-order valence-corrected chi connectivity index (χ4v) is 3.09. The van der Waals surface area contributed by atoms with Crippen LogP contribution >= 0.6 is 34.8 Å². The molecule has 0 fully saturated rings. The van der Waals surface area contributed by atoms with Gasteiger partial charge in [-0.05, 0) is 44.2 Å².